The number of rotatable bonds is 8. The van der Waals surface area contributed by atoms with Crippen molar-refractivity contribution in [2.45, 2.75) is 20.0 Å². The zero-order chi connectivity index (χ0) is 21.2. The molecule has 0 fully saturated rings. The number of pyridine rings is 1. The van der Waals surface area contributed by atoms with Crippen molar-refractivity contribution in [1.29, 1.82) is 0 Å². The lowest BCUT2D eigenvalue weighted by Gasteiger charge is -2.12. The fraction of sp³-hybridized carbons (Fsp3) is 0.217. The van der Waals surface area contributed by atoms with Gasteiger partial charge in [0.2, 0.25) is 0 Å². The smallest absolute Gasteiger partial charge is 0.191 e. The first kappa shape index (κ1) is 21.1. The molecule has 0 amide bonds. The highest BCUT2D eigenvalue weighted by Gasteiger charge is 2.07. The molecule has 2 N–H and O–H groups in total. The van der Waals surface area contributed by atoms with Gasteiger partial charge in [-0.1, -0.05) is 18.2 Å². The molecule has 1 aromatic heterocycles. The van der Waals surface area contributed by atoms with Gasteiger partial charge in [-0.25, -0.2) is 9.38 Å². The van der Waals surface area contributed by atoms with Crippen LogP contribution in [0.4, 0.5) is 4.39 Å². The Hall–Kier alpha value is -3.61. The molecule has 156 valence electrons. The van der Waals surface area contributed by atoms with Gasteiger partial charge >= 0.3 is 0 Å². The van der Waals surface area contributed by atoms with E-state index < -0.39 is 5.82 Å². The van der Waals surface area contributed by atoms with Crippen LogP contribution in [-0.4, -0.2) is 24.6 Å². The topological polar surface area (TPSA) is 67.8 Å². The second kappa shape index (κ2) is 10.8. The molecular formula is C23H25FN4O2. The fourth-order valence-electron chi connectivity index (χ4n) is 2.74. The van der Waals surface area contributed by atoms with Crippen LogP contribution in [0.25, 0.3) is 0 Å². The number of guanidine groups is 1. The molecule has 0 unspecified atom stereocenters. The Balaban J connectivity index is 1.61. The number of nitrogens with one attached hydrogen (secondary N) is 2. The van der Waals surface area contributed by atoms with Gasteiger partial charge in [-0.05, 0) is 54.4 Å². The van der Waals surface area contributed by atoms with Crippen molar-refractivity contribution in [3.05, 3.63) is 83.9 Å². The zero-order valence-electron chi connectivity index (χ0n) is 17.1. The molecule has 2 aromatic carbocycles. The number of aromatic nitrogens is 1. The van der Waals surface area contributed by atoms with Crippen molar-refractivity contribution in [1.82, 2.24) is 15.6 Å². The summed E-state index contributed by atoms with van der Waals surface area (Å²) in [6.07, 6.45) is 3.17. The van der Waals surface area contributed by atoms with Crippen molar-refractivity contribution in [2.24, 2.45) is 4.99 Å². The number of ether oxygens (including phenoxy) is 2. The zero-order valence-corrected chi connectivity index (χ0v) is 17.1. The van der Waals surface area contributed by atoms with E-state index >= 15 is 0 Å². The van der Waals surface area contributed by atoms with Gasteiger partial charge in [0.15, 0.2) is 17.5 Å². The first-order valence-electron chi connectivity index (χ1n) is 9.69. The highest BCUT2D eigenvalue weighted by molar-refractivity contribution is 5.79. The number of halogens is 1. The Bertz CT molecular complexity index is 980. The van der Waals surface area contributed by atoms with E-state index in [1.54, 1.807) is 31.5 Å². The van der Waals surface area contributed by atoms with Crippen LogP contribution in [0, 0.1) is 5.82 Å². The van der Waals surface area contributed by atoms with E-state index in [-0.39, 0.29) is 5.75 Å². The Labute approximate surface area is 175 Å². The monoisotopic (exact) mass is 408 g/mol. The molecule has 0 saturated carbocycles. The van der Waals surface area contributed by atoms with E-state index in [2.05, 4.69) is 20.6 Å². The molecule has 0 saturated heterocycles. The highest BCUT2D eigenvalue weighted by Crippen LogP contribution is 2.24. The van der Waals surface area contributed by atoms with Crippen LogP contribution in [0.3, 0.4) is 0 Å². The van der Waals surface area contributed by atoms with Crippen LogP contribution >= 0.6 is 0 Å². The summed E-state index contributed by atoms with van der Waals surface area (Å²) in [7, 11) is 1.64. The Morgan fingerprint density at radius 2 is 1.90 bits per heavy atom. The minimum absolute atomic E-state index is 0.158. The standard InChI is InChI=1S/C23H25FN4O2/c1-3-26-23(27-14-17-6-4-7-19(12-17)29-2)28-15-18-9-10-22(21(24)13-18)30-20-8-5-11-25-16-20/h4-13,16H,3,14-15H2,1-2H3,(H2,26,27,28). The van der Waals surface area contributed by atoms with Crippen LogP contribution < -0.4 is 20.1 Å². The van der Waals surface area contributed by atoms with Crippen molar-refractivity contribution in [2.75, 3.05) is 13.7 Å². The first-order valence-corrected chi connectivity index (χ1v) is 9.69. The minimum atomic E-state index is -0.434. The average molecular weight is 408 g/mol. The molecule has 30 heavy (non-hydrogen) atoms. The second-order valence-corrected chi connectivity index (χ2v) is 6.46. The van der Waals surface area contributed by atoms with Gasteiger partial charge in [-0.2, -0.15) is 0 Å². The maximum absolute atomic E-state index is 14.4. The molecule has 7 heteroatoms. The predicted octanol–water partition coefficient (Wildman–Crippen LogP) is 4.28. The minimum Gasteiger partial charge on any atom is -0.497 e. The third kappa shape index (κ3) is 6.20. The molecule has 3 rings (SSSR count). The molecule has 0 aliphatic heterocycles. The maximum atomic E-state index is 14.4. The van der Waals surface area contributed by atoms with Crippen LogP contribution in [0.1, 0.15) is 18.1 Å². The molecule has 0 spiro atoms. The van der Waals surface area contributed by atoms with E-state index in [4.69, 9.17) is 9.47 Å². The van der Waals surface area contributed by atoms with Crippen molar-refractivity contribution in [3.8, 4) is 17.2 Å². The third-order valence-corrected chi connectivity index (χ3v) is 4.22. The second-order valence-electron chi connectivity index (χ2n) is 6.46. The quantitative estimate of drug-likeness (QED) is 0.430. The Morgan fingerprint density at radius 3 is 2.63 bits per heavy atom. The molecule has 6 nitrogen and oxygen atoms in total. The van der Waals surface area contributed by atoms with E-state index in [9.17, 15) is 4.39 Å². The number of hydrogen-bond donors (Lipinski definition) is 2. The first-order chi connectivity index (χ1) is 14.7. The molecule has 0 aliphatic rings. The summed E-state index contributed by atoms with van der Waals surface area (Å²) in [6, 6.07) is 16.1. The van der Waals surface area contributed by atoms with Crippen molar-refractivity contribution in [3.63, 3.8) is 0 Å². The summed E-state index contributed by atoms with van der Waals surface area (Å²) in [5.74, 6) is 1.66. The molecule has 3 aromatic rings. The molecule has 0 aliphatic carbocycles. The Morgan fingerprint density at radius 1 is 1.03 bits per heavy atom. The van der Waals surface area contributed by atoms with Crippen molar-refractivity contribution < 1.29 is 13.9 Å². The van der Waals surface area contributed by atoms with Crippen molar-refractivity contribution >= 4 is 5.96 Å². The lowest BCUT2D eigenvalue weighted by molar-refractivity contribution is 0.414. The fourth-order valence-corrected chi connectivity index (χ4v) is 2.74. The number of methoxy groups -OCH3 is 1. The van der Waals surface area contributed by atoms with Crippen LogP contribution in [-0.2, 0) is 13.1 Å². The van der Waals surface area contributed by atoms with E-state index in [0.717, 1.165) is 23.4 Å². The van der Waals surface area contributed by atoms with Gasteiger partial charge in [-0.3, -0.25) is 4.98 Å². The number of aliphatic imine (C=N–C) groups is 1. The summed E-state index contributed by atoms with van der Waals surface area (Å²) in [6.45, 7) is 3.63. The molecule has 0 atom stereocenters. The summed E-state index contributed by atoms with van der Waals surface area (Å²) in [5.41, 5.74) is 1.81. The largest absolute Gasteiger partial charge is 0.497 e. The molecule has 0 bridgehead atoms. The van der Waals surface area contributed by atoms with Crippen LogP contribution in [0.2, 0.25) is 0 Å². The third-order valence-electron chi connectivity index (χ3n) is 4.22. The van der Waals surface area contributed by atoms with Gasteiger partial charge in [-0.15, -0.1) is 0 Å². The van der Waals surface area contributed by atoms with E-state index in [0.29, 0.717) is 24.8 Å². The normalized spacial score (nSPS) is 11.1. The highest BCUT2D eigenvalue weighted by atomic mass is 19.1. The molecule has 0 radical (unpaired) electrons. The summed E-state index contributed by atoms with van der Waals surface area (Å²) < 4.78 is 25.2. The Kier molecular flexibility index (Phi) is 7.60. The van der Waals surface area contributed by atoms with E-state index in [1.807, 2.05) is 37.3 Å². The van der Waals surface area contributed by atoms with Gasteiger partial charge < -0.3 is 20.1 Å². The predicted molar refractivity (Wildman–Crippen MR) is 115 cm³/mol. The SMILES string of the molecule is CCNC(=NCc1cccc(OC)c1)NCc1ccc(Oc2cccnc2)c(F)c1. The summed E-state index contributed by atoms with van der Waals surface area (Å²) in [5, 5.41) is 6.41. The molecular weight excluding hydrogens is 383 g/mol. The average Bonchev–Trinajstić information content (AvgIpc) is 2.78. The van der Waals surface area contributed by atoms with Crippen LogP contribution in [0.15, 0.2) is 72.0 Å². The maximum Gasteiger partial charge on any atom is 0.191 e. The van der Waals surface area contributed by atoms with Gasteiger partial charge in [0, 0.05) is 19.3 Å². The number of nitrogens with zero attached hydrogens (tertiary/aromatic N) is 2. The van der Waals surface area contributed by atoms with E-state index in [1.165, 1.54) is 12.3 Å². The van der Waals surface area contributed by atoms with Gasteiger partial charge in [0.25, 0.3) is 0 Å². The van der Waals surface area contributed by atoms with Crippen LogP contribution in [0.5, 0.6) is 17.2 Å². The lowest BCUT2D eigenvalue weighted by Crippen LogP contribution is -2.36. The van der Waals surface area contributed by atoms with Gasteiger partial charge in [0.1, 0.15) is 11.5 Å². The summed E-state index contributed by atoms with van der Waals surface area (Å²) >= 11 is 0. The number of hydrogen-bond acceptors (Lipinski definition) is 4. The molecule has 1 heterocycles. The number of benzene rings is 2. The lowest BCUT2D eigenvalue weighted by atomic mass is 10.2. The summed E-state index contributed by atoms with van der Waals surface area (Å²) in [4.78, 5) is 8.54. The van der Waals surface area contributed by atoms with Gasteiger partial charge in [0.05, 0.1) is 19.9 Å².